The summed E-state index contributed by atoms with van der Waals surface area (Å²) in [5, 5.41) is 7.17. The molecule has 1 aliphatic rings. The van der Waals surface area contributed by atoms with Gasteiger partial charge in [-0.15, -0.1) is 4.91 Å². The Labute approximate surface area is 150 Å². The number of hydrogen-bond donors (Lipinski definition) is 1. The molecule has 4 rings (SSSR count). The van der Waals surface area contributed by atoms with E-state index in [1.807, 2.05) is 18.2 Å². The highest BCUT2D eigenvalue weighted by Crippen LogP contribution is 2.37. The van der Waals surface area contributed by atoms with Crippen LogP contribution >= 0.6 is 0 Å². The molecule has 1 saturated carbocycles. The molecule has 0 aliphatic heterocycles. The first kappa shape index (κ1) is 16.3. The van der Waals surface area contributed by atoms with Crippen LogP contribution in [0, 0.1) is 4.91 Å². The van der Waals surface area contributed by atoms with E-state index in [9.17, 15) is 4.91 Å². The molecule has 132 valence electrons. The Morgan fingerprint density at radius 2 is 1.85 bits per heavy atom. The summed E-state index contributed by atoms with van der Waals surface area (Å²) < 4.78 is 10.8. The van der Waals surface area contributed by atoms with Crippen molar-refractivity contribution in [1.82, 2.24) is 9.97 Å². The number of fused-ring (bicyclic) bond motifs is 1. The maximum atomic E-state index is 10.9. The van der Waals surface area contributed by atoms with Crippen molar-refractivity contribution in [1.29, 1.82) is 0 Å². The van der Waals surface area contributed by atoms with Crippen molar-refractivity contribution >= 4 is 22.5 Å². The van der Waals surface area contributed by atoms with E-state index >= 15 is 0 Å². The molecule has 26 heavy (non-hydrogen) atoms. The quantitative estimate of drug-likeness (QED) is 0.668. The maximum Gasteiger partial charge on any atom is 0.224 e. The number of nitrogens with zero attached hydrogens (tertiary/aromatic N) is 3. The Morgan fingerprint density at radius 1 is 1.08 bits per heavy atom. The van der Waals surface area contributed by atoms with Gasteiger partial charge in [0.25, 0.3) is 0 Å². The molecular formula is C19H18N4O3. The lowest BCUT2D eigenvalue weighted by atomic mass is 10.1. The molecule has 7 nitrogen and oxygen atoms in total. The monoisotopic (exact) mass is 350 g/mol. The number of hydrogen-bond acceptors (Lipinski definition) is 7. The molecule has 0 unspecified atom stereocenters. The van der Waals surface area contributed by atoms with E-state index in [0.29, 0.717) is 34.9 Å². The number of benzene rings is 2. The van der Waals surface area contributed by atoms with E-state index in [4.69, 9.17) is 14.5 Å². The molecule has 1 aromatic heterocycles. The number of ether oxygens (including phenoxy) is 2. The highest BCUT2D eigenvalue weighted by molar-refractivity contribution is 5.95. The molecule has 0 amide bonds. The lowest BCUT2D eigenvalue weighted by Crippen LogP contribution is -2.06. The van der Waals surface area contributed by atoms with Crippen molar-refractivity contribution in [3.8, 4) is 22.8 Å². The van der Waals surface area contributed by atoms with Crippen LogP contribution in [0.1, 0.15) is 12.8 Å². The second-order valence-electron chi connectivity index (χ2n) is 6.18. The predicted molar refractivity (Wildman–Crippen MR) is 100 cm³/mol. The second kappa shape index (κ2) is 6.59. The molecule has 1 fully saturated rings. The SMILES string of the molecule is COc1cc2nc(NC3CC3)nc(-c3cccc(N=O)c3)c2cc1OC. The minimum absolute atomic E-state index is 0.353. The topological polar surface area (TPSA) is 85.7 Å². The van der Waals surface area contributed by atoms with Gasteiger partial charge in [-0.25, -0.2) is 9.97 Å². The predicted octanol–water partition coefficient (Wildman–Crippen LogP) is 4.29. The zero-order chi connectivity index (χ0) is 18.1. The van der Waals surface area contributed by atoms with Crippen LogP contribution in [0.2, 0.25) is 0 Å². The third-order valence-electron chi connectivity index (χ3n) is 4.34. The van der Waals surface area contributed by atoms with E-state index < -0.39 is 0 Å². The molecule has 1 heterocycles. The van der Waals surface area contributed by atoms with E-state index in [-0.39, 0.29) is 0 Å². The van der Waals surface area contributed by atoms with Gasteiger partial charge in [-0.1, -0.05) is 12.1 Å². The smallest absolute Gasteiger partial charge is 0.224 e. The summed E-state index contributed by atoms with van der Waals surface area (Å²) >= 11 is 0. The summed E-state index contributed by atoms with van der Waals surface area (Å²) in [6.07, 6.45) is 2.24. The maximum absolute atomic E-state index is 10.9. The molecule has 0 atom stereocenters. The van der Waals surface area contributed by atoms with Gasteiger partial charge in [-0.2, -0.15) is 0 Å². The van der Waals surface area contributed by atoms with E-state index in [1.165, 1.54) is 0 Å². The Hall–Kier alpha value is -3.22. The van der Waals surface area contributed by atoms with Gasteiger partial charge in [0, 0.05) is 23.1 Å². The van der Waals surface area contributed by atoms with Crippen molar-refractivity contribution in [3.05, 3.63) is 41.3 Å². The molecule has 1 N–H and O–H groups in total. The van der Waals surface area contributed by atoms with Gasteiger partial charge in [0.15, 0.2) is 11.5 Å². The fourth-order valence-electron chi connectivity index (χ4n) is 2.86. The number of rotatable bonds is 6. The molecule has 0 spiro atoms. The van der Waals surface area contributed by atoms with Crippen molar-refractivity contribution in [2.24, 2.45) is 5.18 Å². The molecule has 7 heteroatoms. The van der Waals surface area contributed by atoms with Gasteiger partial charge in [-0.05, 0) is 36.2 Å². The Balaban J connectivity index is 1.95. The van der Waals surface area contributed by atoms with Crippen LogP contribution in [-0.4, -0.2) is 30.2 Å². The number of nitroso groups, excluding NO2 is 1. The number of anilines is 1. The van der Waals surface area contributed by atoms with Crippen LogP contribution in [0.15, 0.2) is 41.6 Å². The highest BCUT2D eigenvalue weighted by atomic mass is 16.5. The lowest BCUT2D eigenvalue weighted by Gasteiger charge is -2.13. The van der Waals surface area contributed by atoms with Gasteiger partial charge in [0.1, 0.15) is 5.69 Å². The lowest BCUT2D eigenvalue weighted by molar-refractivity contribution is 0.356. The minimum Gasteiger partial charge on any atom is -0.493 e. The van der Waals surface area contributed by atoms with Crippen LogP contribution in [0.3, 0.4) is 0 Å². The second-order valence-corrected chi connectivity index (χ2v) is 6.18. The average Bonchev–Trinajstić information content (AvgIpc) is 3.50. The zero-order valence-corrected chi connectivity index (χ0v) is 14.5. The summed E-state index contributed by atoms with van der Waals surface area (Å²) in [4.78, 5) is 20.2. The molecule has 1 aliphatic carbocycles. The first-order valence-corrected chi connectivity index (χ1v) is 8.36. The largest absolute Gasteiger partial charge is 0.493 e. The number of aromatic nitrogens is 2. The first-order chi connectivity index (χ1) is 12.7. The fraction of sp³-hybridized carbons (Fsp3) is 0.263. The molecule has 0 radical (unpaired) electrons. The van der Waals surface area contributed by atoms with Gasteiger partial charge in [0.2, 0.25) is 5.95 Å². The van der Waals surface area contributed by atoms with Crippen molar-refractivity contribution in [3.63, 3.8) is 0 Å². The number of nitrogens with one attached hydrogen (secondary N) is 1. The van der Waals surface area contributed by atoms with Gasteiger partial charge >= 0.3 is 0 Å². The van der Waals surface area contributed by atoms with Crippen LogP contribution in [-0.2, 0) is 0 Å². The number of methoxy groups -OCH3 is 2. The van der Waals surface area contributed by atoms with E-state index in [1.54, 1.807) is 32.4 Å². The zero-order valence-electron chi connectivity index (χ0n) is 14.5. The fourth-order valence-corrected chi connectivity index (χ4v) is 2.86. The summed E-state index contributed by atoms with van der Waals surface area (Å²) in [7, 11) is 3.18. The minimum atomic E-state index is 0.353. The van der Waals surface area contributed by atoms with Gasteiger partial charge < -0.3 is 14.8 Å². The van der Waals surface area contributed by atoms with E-state index in [0.717, 1.165) is 29.3 Å². The first-order valence-electron chi connectivity index (χ1n) is 8.36. The van der Waals surface area contributed by atoms with Gasteiger partial charge in [0.05, 0.1) is 25.4 Å². The summed E-state index contributed by atoms with van der Waals surface area (Å²) in [6.45, 7) is 0. The van der Waals surface area contributed by atoms with Crippen molar-refractivity contribution in [2.45, 2.75) is 18.9 Å². The van der Waals surface area contributed by atoms with Gasteiger partial charge in [-0.3, -0.25) is 0 Å². The third-order valence-corrected chi connectivity index (χ3v) is 4.34. The Kier molecular flexibility index (Phi) is 4.12. The molecule has 0 bridgehead atoms. The average molecular weight is 350 g/mol. The van der Waals surface area contributed by atoms with Crippen LogP contribution < -0.4 is 14.8 Å². The van der Waals surface area contributed by atoms with Crippen molar-refractivity contribution < 1.29 is 9.47 Å². The summed E-state index contributed by atoms with van der Waals surface area (Å²) in [6, 6.07) is 11.2. The molecule has 0 saturated heterocycles. The third kappa shape index (κ3) is 3.03. The summed E-state index contributed by atoms with van der Waals surface area (Å²) in [5.74, 6) is 1.76. The summed E-state index contributed by atoms with van der Waals surface area (Å²) in [5.41, 5.74) is 2.59. The highest BCUT2D eigenvalue weighted by Gasteiger charge is 2.23. The van der Waals surface area contributed by atoms with Crippen molar-refractivity contribution in [2.75, 3.05) is 19.5 Å². The molecule has 2 aromatic carbocycles. The Bertz CT molecular complexity index is 986. The standard InChI is InChI=1S/C19H18N4O3/c1-25-16-9-14-15(10-17(16)26-2)21-19(20-12-6-7-12)22-18(14)11-4-3-5-13(8-11)23-24/h3-5,8-10,12H,6-7H2,1-2H3,(H,20,21,22). The molecular weight excluding hydrogens is 332 g/mol. The van der Waals surface area contributed by atoms with Crippen LogP contribution in [0.25, 0.3) is 22.2 Å². The van der Waals surface area contributed by atoms with E-state index in [2.05, 4.69) is 15.5 Å². The Morgan fingerprint density at radius 3 is 2.54 bits per heavy atom. The van der Waals surface area contributed by atoms with Crippen LogP contribution in [0.5, 0.6) is 11.5 Å². The van der Waals surface area contributed by atoms with Crippen LogP contribution in [0.4, 0.5) is 11.6 Å². The molecule has 3 aromatic rings. The normalized spacial score (nSPS) is 13.5.